The molecule has 1 aliphatic heterocycles. The molecule has 8 nitrogen and oxygen atoms in total. The minimum absolute atomic E-state index is 0. The van der Waals surface area contributed by atoms with Crippen LogP contribution in [0.15, 0.2) is 15.6 Å². The van der Waals surface area contributed by atoms with E-state index in [2.05, 4.69) is 56.3 Å². The normalized spacial score (nSPS) is 14.2. The molecule has 0 amide bonds. The number of aliphatic imine (C=N–C) groups is 1. The molecule has 168 valence electrons. The Morgan fingerprint density at radius 3 is 2.77 bits per heavy atom. The summed E-state index contributed by atoms with van der Waals surface area (Å²) in [6, 6.07) is 2.04. The average molecular weight is 529 g/mol. The van der Waals surface area contributed by atoms with Crippen LogP contribution in [0.25, 0.3) is 0 Å². The fourth-order valence-corrected chi connectivity index (χ4v) is 3.82. The third kappa shape index (κ3) is 6.68. The second-order valence-electron chi connectivity index (χ2n) is 7.60. The van der Waals surface area contributed by atoms with E-state index in [1.54, 1.807) is 0 Å². The molecule has 2 aromatic rings. The van der Waals surface area contributed by atoms with Crippen molar-refractivity contribution in [2.24, 2.45) is 4.99 Å². The van der Waals surface area contributed by atoms with Crippen LogP contribution in [0.1, 0.15) is 81.9 Å². The molecular weight excluding hydrogens is 493 g/mol. The summed E-state index contributed by atoms with van der Waals surface area (Å²) in [5, 5.41) is 19.7. The molecule has 0 atom stereocenters. The Kier molecular flexibility index (Phi) is 10.6. The summed E-state index contributed by atoms with van der Waals surface area (Å²) in [5.41, 5.74) is 1.03. The van der Waals surface area contributed by atoms with Crippen molar-refractivity contribution in [2.75, 3.05) is 13.1 Å². The molecule has 0 aromatic carbocycles. The Hall–Kier alpha value is -1.65. The standard InChI is InChI=1S/C21H35N7O.HI/c1-4-16(5-2)18-14-17(29-27-18)15-24-21(22-6-3)23-12-11-20-26-25-19-10-8-7-9-13-28(19)20;/h14,16H,4-13,15H2,1-3H3,(H2,22,23,24);1H. The van der Waals surface area contributed by atoms with Crippen LogP contribution < -0.4 is 10.6 Å². The number of guanidine groups is 1. The Balaban J connectivity index is 0.00000320. The SMILES string of the molecule is CCNC(=NCc1cc(C(CC)CC)no1)NCCc1nnc2n1CCCCC2.I. The molecule has 0 bridgehead atoms. The summed E-state index contributed by atoms with van der Waals surface area (Å²) >= 11 is 0. The largest absolute Gasteiger partial charge is 0.359 e. The van der Waals surface area contributed by atoms with Gasteiger partial charge in [-0.25, -0.2) is 4.99 Å². The van der Waals surface area contributed by atoms with Crippen molar-refractivity contribution in [3.63, 3.8) is 0 Å². The summed E-state index contributed by atoms with van der Waals surface area (Å²) in [7, 11) is 0. The first kappa shape index (κ1) is 24.6. The maximum absolute atomic E-state index is 5.48. The molecule has 0 saturated heterocycles. The van der Waals surface area contributed by atoms with Crippen LogP contribution in [0.3, 0.4) is 0 Å². The second-order valence-corrected chi connectivity index (χ2v) is 7.60. The predicted molar refractivity (Wildman–Crippen MR) is 129 cm³/mol. The molecule has 2 N–H and O–H groups in total. The van der Waals surface area contributed by atoms with Gasteiger partial charge in [-0.3, -0.25) is 0 Å². The van der Waals surface area contributed by atoms with Crippen LogP contribution >= 0.6 is 24.0 Å². The quantitative estimate of drug-likeness (QED) is 0.292. The van der Waals surface area contributed by atoms with E-state index in [4.69, 9.17) is 4.52 Å². The Morgan fingerprint density at radius 1 is 1.17 bits per heavy atom. The van der Waals surface area contributed by atoms with Gasteiger partial charge in [-0.1, -0.05) is 25.4 Å². The molecule has 3 rings (SSSR count). The molecular formula is C21H36IN7O. The fraction of sp³-hybridized carbons (Fsp3) is 0.714. The van der Waals surface area contributed by atoms with Crippen molar-refractivity contribution < 1.29 is 4.52 Å². The van der Waals surface area contributed by atoms with Gasteiger partial charge in [0.15, 0.2) is 11.7 Å². The topological polar surface area (TPSA) is 93.2 Å². The summed E-state index contributed by atoms with van der Waals surface area (Å²) in [5.74, 6) is 4.24. The van der Waals surface area contributed by atoms with Crippen LogP contribution in [0.2, 0.25) is 0 Å². The highest BCUT2D eigenvalue weighted by Gasteiger charge is 2.15. The number of halogens is 1. The van der Waals surface area contributed by atoms with Crippen LogP contribution in [-0.4, -0.2) is 39.0 Å². The number of aryl methyl sites for hydroxylation is 1. The number of nitrogens with one attached hydrogen (secondary N) is 2. The number of hydrogen-bond donors (Lipinski definition) is 2. The monoisotopic (exact) mass is 529 g/mol. The van der Waals surface area contributed by atoms with Crippen LogP contribution in [0.4, 0.5) is 0 Å². The molecule has 2 aromatic heterocycles. The van der Waals surface area contributed by atoms with Gasteiger partial charge < -0.3 is 19.7 Å². The van der Waals surface area contributed by atoms with Gasteiger partial charge in [0.05, 0.1) is 5.69 Å². The summed E-state index contributed by atoms with van der Waals surface area (Å²) in [6.45, 7) is 9.51. The zero-order valence-electron chi connectivity index (χ0n) is 18.5. The molecule has 0 unspecified atom stereocenters. The average Bonchev–Trinajstić information content (AvgIpc) is 3.28. The van der Waals surface area contributed by atoms with Crippen LogP contribution in [-0.2, 0) is 25.9 Å². The molecule has 30 heavy (non-hydrogen) atoms. The fourth-order valence-electron chi connectivity index (χ4n) is 3.82. The Morgan fingerprint density at radius 2 is 2.00 bits per heavy atom. The Bertz CT molecular complexity index is 782. The molecule has 3 heterocycles. The van der Waals surface area contributed by atoms with Crippen molar-refractivity contribution in [3.8, 4) is 0 Å². The van der Waals surface area contributed by atoms with Gasteiger partial charge in [0.2, 0.25) is 0 Å². The molecule has 0 radical (unpaired) electrons. The maximum Gasteiger partial charge on any atom is 0.191 e. The summed E-state index contributed by atoms with van der Waals surface area (Å²) < 4.78 is 7.78. The molecule has 0 aliphatic carbocycles. The number of rotatable bonds is 9. The number of aromatic nitrogens is 4. The van der Waals surface area contributed by atoms with E-state index in [9.17, 15) is 0 Å². The highest BCUT2D eigenvalue weighted by molar-refractivity contribution is 14.0. The van der Waals surface area contributed by atoms with E-state index >= 15 is 0 Å². The first-order chi connectivity index (χ1) is 14.2. The van der Waals surface area contributed by atoms with Gasteiger partial charge in [0.1, 0.15) is 18.2 Å². The van der Waals surface area contributed by atoms with Crippen molar-refractivity contribution in [2.45, 2.75) is 84.7 Å². The van der Waals surface area contributed by atoms with Crippen molar-refractivity contribution in [3.05, 3.63) is 29.2 Å². The van der Waals surface area contributed by atoms with E-state index < -0.39 is 0 Å². The van der Waals surface area contributed by atoms with Crippen molar-refractivity contribution in [1.82, 2.24) is 30.6 Å². The lowest BCUT2D eigenvalue weighted by Crippen LogP contribution is -2.38. The lowest BCUT2D eigenvalue weighted by Gasteiger charge is -2.11. The van der Waals surface area contributed by atoms with Crippen molar-refractivity contribution in [1.29, 1.82) is 0 Å². The first-order valence-corrected chi connectivity index (χ1v) is 11.1. The number of hydrogen-bond acceptors (Lipinski definition) is 5. The van der Waals surface area contributed by atoms with Crippen LogP contribution in [0.5, 0.6) is 0 Å². The third-order valence-electron chi connectivity index (χ3n) is 5.55. The minimum Gasteiger partial charge on any atom is -0.359 e. The smallest absolute Gasteiger partial charge is 0.191 e. The predicted octanol–water partition coefficient (Wildman–Crippen LogP) is 3.81. The van der Waals surface area contributed by atoms with Gasteiger partial charge in [0, 0.05) is 44.5 Å². The summed E-state index contributed by atoms with van der Waals surface area (Å²) in [4.78, 5) is 4.65. The zero-order chi connectivity index (χ0) is 20.5. The third-order valence-corrected chi connectivity index (χ3v) is 5.55. The molecule has 9 heteroatoms. The maximum atomic E-state index is 5.48. The highest BCUT2D eigenvalue weighted by Crippen LogP contribution is 2.22. The summed E-state index contributed by atoms with van der Waals surface area (Å²) in [6.07, 6.45) is 7.72. The zero-order valence-corrected chi connectivity index (χ0v) is 20.8. The van der Waals surface area contributed by atoms with E-state index in [0.717, 1.165) is 74.4 Å². The van der Waals surface area contributed by atoms with Gasteiger partial charge in [-0.05, 0) is 32.6 Å². The lowest BCUT2D eigenvalue weighted by molar-refractivity contribution is 0.372. The number of nitrogens with zero attached hydrogens (tertiary/aromatic N) is 5. The molecule has 1 aliphatic rings. The van der Waals surface area contributed by atoms with Crippen LogP contribution in [0, 0.1) is 0 Å². The van der Waals surface area contributed by atoms with Gasteiger partial charge in [-0.15, -0.1) is 34.2 Å². The van der Waals surface area contributed by atoms with Gasteiger partial charge >= 0.3 is 0 Å². The molecule has 0 spiro atoms. The molecule has 0 saturated carbocycles. The van der Waals surface area contributed by atoms with Crippen molar-refractivity contribution >= 4 is 29.9 Å². The second kappa shape index (κ2) is 12.9. The highest BCUT2D eigenvalue weighted by atomic mass is 127. The number of fused-ring (bicyclic) bond motifs is 1. The van der Waals surface area contributed by atoms with E-state index in [0.29, 0.717) is 12.5 Å². The van der Waals surface area contributed by atoms with E-state index in [-0.39, 0.29) is 24.0 Å². The van der Waals surface area contributed by atoms with Gasteiger partial charge in [-0.2, -0.15) is 0 Å². The lowest BCUT2D eigenvalue weighted by atomic mass is 9.99. The Labute approximate surface area is 196 Å². The minimum atomic E-state index is 0. The van der Waals surface area contributed by atoms with Gasteiger partial charge in [0.25, 0.3) is 0 Å². The molecule has 0 fully saturated rings. The van der Waals surface area contributed by atoms with E-state index in [1.807, 2.05) is 6.07 Å². The van der Waals surface area contributed by atoms with E-state index in [1.165, 1.54) is 19.3 Å². The first-order valence-electron chi connectivity index (χ1n) is 11.1.